The van der Waals surface area contributed by atoms with Gasteiger partial charge in [-0.1, -0.05) is 32.3 Å². The Hall–Kier alpha value is -3.06. The first kappa shape index (κ1) is 30.9. The van der Waals surface area contributed by atoms with Crippen molar-refractivity contribution >= 4 is 31.6 Å². The number of methoxy groups -OCH3 is 4. The van der Waals surface area contributed by atoms with Crippen LogP contribution in [-0.4, -0.2) is 57.7 Å². The quantitative estimate of drug-likeness (QED) is 0.384. The zero-order chi connectivity index (χ0) is 26.5. The lowest BCUT2D eigenvalue weighted by molar-refractivity contribution is -0.120. The normalized spacial score (nSPS) is 16.5. The summed E-state index contributed by atoms with van der Waals surface area (Å²) in [6, 6.07) is 0. The van der Waals surface area contributed by atoms with Crippen LogP contribution in [0.5, 0.6) is 0 Å². The van der Waals surface area contributed by atoms with E-state index in [1.807, 2.05) is 0 Å². The number of ether oxygens (including phenoxy) is 4. The molecule has 0 saturated carbocycles. The van der Waals surface area contributed by atoms with Crippen molar-refractivity contribution in [2.45, 2.75) is 34.1 Å². The Morgan fingerprint density at radius 3 is 1.21 bits per heavy atom. The van der Waals surface area contributed by atoms with Gasteiger partial charge in [-0.2, -0.15) is 0 Å². The van der Waals surface area contributed by atoms with Crippen molar-refractivity contribution in [3.05, 3.63) is 47.3 Å². The maximum atomic E-state index is 11.2. The van der Waals surface area contributed by atoms with Crippen LogP contribution >= 0.6 is 8.46 Å². The van der Waals surface area contributed by atoms with E-state index >= 15 is 0 Å². The molecule has 34 heavy (non-hydrogen) atoms. The van der Waals surface area contributed by atoms with Crippen molar-refractivity contribution in [3.63, 3.8) is 0 Å². The summed E-state index contributed by atoms with van der Waals surface area (Å²) >= 11 is 0. The molecule has 188 valence electrons. The van der Waals surface area contributed by atoms with E-state index in [1.54, 1.807) is 0 Å². The SMILES string of the molecule is CC(C[PH+]=O)CC(C)(C)C.COC1=CC(=O)C=C(OC)C1=O.COC1=CC(=O)C=C(OC)C1=O. The summed E-state index contributed by atoms with van der Waals surface area (Å²) in [5.41, 5.74) is 0.388. The highest BCUT2D eigenvalue weighted by molar-refractivity contribution is 7.23. The van der Waals surface area contributed by atoms with Gasteiger partial charge in [0, 0.05) is 30.2 Å². The number of ketones is 4. The zero-order valence-corrected chi connectivity index (χ0v) is 22.0. The topological polar surface area (TPSA) is 122 Å². The third-order valence-electron chi connectivity index (χ3n) is 4.26. The standard InChI is InChI=1S/2C8H8O4.C8H17OP/c2*1-11-6-3-5(9)4-7(12-2)8(6)10;1-7(6-10-9)5-8(2,3)4/h2*3-4H,1-2H3;7H,5-6H2,1-4H3/p+1. The Balaban J connectivity index is 0.000000484. The van der Waals surface area contributed by atoms with Crippen LogP contribution in [0.25, 0.3) is 0 Å². The maximum Gasteiger partial charge on any atom is 0.325 e. The number of allylic oxidation sites excluding steroid dienone is 4. The number of hydrogen-bond acceptors (Lipinski definition) is 9. The second-order valence-corrected chi connectivity index (χ2v) is 9.23. The van der Waals surface area contributed by atoms with Crippen LogP contribution in [-0.2, 0) is 42.7 Å². The molecule has 2 unspecified atom stereocenters. The first-order chi connectivity index (χ1) is 15.8. The summed E-state index contributed by atoms with van der Waals surface area (Å²) in [5.74, 6) is -0.751. The van der Waals surface area contributed by atoms with Gasteiger partial charge < -0.3 is 18.9 Å². The molecule has 0 heterocycles. The Bertz CT molecular complexity index is 790. The zero-order valence-electron chi connectivity index (χ0n) is 21.0. The maximum absolute atomic E-state index is 11.2. The van der Waals surface area contributed by atoms with E-state index < -0.39 is 11.6 Å². The fourth-order valence-electron chi connectivity index (χ4n) is 2.97. The lowest BCUT2D eigenvalue weighted by atomic mass is 9.86. The Morgan fingerprint density at radius 2 is 1.00 bits per heavy atom. The number of hydrogen-bond donors (Lipinski definition) is 0. The van der Waals surface area contributed by atoms with Crippen molar-refractivity contribution in [2.24, 2.45) is 11.3 Å². The van der Waals surface area contributed by atoms with Crippen LogP contribution in [0.2, 0.25) is 0 Å². The van der Waals surface area contributed by atoms with Crippen molar-refractivity contribution in [3.8, 4) is 0 Å². The Morgan fingerprint density at radius 1 is 0.706 bits per heavy atom. The largest absolute Gasteiger partial charge is 0.492 e. The molecule has 2 rings (SSSR count). The Labute approximate surface area is 202 Å². The predicted octanol–water partition coefficient (Wildman–Crippen LogP) is 3.48. The molecule has 0 spiro atoms. The molecular weight excluding hydrogens is 463 g/mol. The molecule has 10 heteroatoms. The van der Waals surface area contributed by atoms with Gasteiger partial charge in [-0.15, -0.1) is 0 Å². The van der Waals surface area contributed by atoms with Crippen molar-refractivity contribution < 1.29 is 42.7 Å². The molecule has 0 fully saturated rings. The molecule has 0 saturated heterocycles. The summed E-state index contributed by atoms with van der Waals surface area (Å²) < 4.78 is 29.0. The van der Waals surface area contributed by atoms with Gasteiger partial charge >= 0.3 is 8.46 Å². The summed E-state index contributed by atoms with van der Waals surface area (Å²) in [6.45, 7) is 8.82. The second kappa shape index (κ2) is 15.0. The molecule has 2 aliphatic carbocycles. The van der Waals surface area contributed by atoms with Crippen molar-refractivity contribution in [2.75, 3.05) is 34.6 Å². The smallest absolute Gasteiger partial charge is 0.325 e. The van der Waals surface area contributed by atoms with E-state index in [-0.39, 0.29) is 43.1 Å². The molecular formula is C24H34O9P+. The minimum atomic E-state index is -0.403. The van der Waals surface area contributed by atoms with Gasteiger partial charge in [-0.25, -0.2) is 0 Å². The van der Waals surface area contributed by atoms with Crippen LogP contribution in [0.3, 0.4) is 0 Å². The predicted molar refractivity (Wildman–Crippen MR) is 128 cm³/mol. The minimum Gasteiger partial charge on any atom is -0.492 e. The van der Waals surface area contributed by atoms with Crippen LogP contribution in [0.15, 0.2) is 47.3 Å². The molecule has 0 aliphatic heterocycles. The fourth-order valence-corrected chi connectivity index (χ4v) is 3.40. The van der Waals surface area contributed by atoms with Gasteiger partial charge in [0.25, 0.3) is 11.6 Å². The summed E-state index contributed by atoms with van der Waals surface area (Å²) in [6.07, 6.45) is 6.55. The van der Waals surface area contributed by atoms with E-state index in [2.05, 4.69) is 46.6 Å². The van der Waals surface area contributed by atoms with Gasteiger partial charge in [0.1, 0.15) is 6.16 Å². The molecule has 2 aliphatic rings. The number of Topliss-reactive ketones (excluding diaryl/α,β-unsaturated/α-hetero) is 2. The highest BCUT2D eigenvalue weighted by Gasteiger charge is 2.23. The molecule has 0 bridgehead atoms. The van der Waals surface area contributed by atoms with E-state index in [1.165, 1.54) is 34.9 Å². The summed E-state index contributed by atoms with van der Waals surface area (Å²) in [7, 11) is 5.19. The lowest BCUT2D eigenvalue weighted by Gasteiger charge is -2.20. The molecule has 0 aromatic carbocycles. The molecule has 0 radical (unpaired) electrons. The van der Waals surface area contributed by atoms with Crippen molar-refractivity contribution in [1.82, 2.24) is 0 Å². The lowest BCUT2D eigenvalue weighted by Crippen LogP contribution is -2.16. The van der Waals surface area contributed by atoms with Gasteiger partial charge in [0.15, 0.2) is 34.6 Å². The monoisotopic (exact) mass is 497 g/mol. The van der Waals surface area contributed by atoms with Crippen LogP contribution in [0.1, 0.15) is 34.1 Å². The van der Waals surface area contributed by atoms with E-state index in [0.717, 1.165) is 30.5 Å². The highest BCUT2D eigenvalue weighted by atomic mass is 31.1. The average Bonchev–Trinajstić information content (AvgIpc) is 2.76. The molecule has 0 aromatic rings. The van der Waals surface area contributed by atoms with Crippen LogP contribution < -0.4 is 0 Å². The first-order valence-corrected chi connectivity index (χ1v) is 11.5. The Kier molecular flexibility index (Phi) is 13.6. The van der Waals surface area contributed by atoms with Crippen LogP contribution in [0, 0.1) is 11.3 Å². The fraction of sp³-hybridized carbons (Fsp3) is 0.500. The van der Waals surface area contributed by atoms with Gasteiger partial charge in [-0.05, 0) is 11.8 Å². The molecule has 9 nitrogen and oxygen atoms in total. The minimum absolute atomic E-state index is 0.0133. The van der Waals surface area contributed by atoms with Gasteiger partial charge in [0.05, 0.1) is 28.4 Å². The van der Waals surface area contributed by atoms with Crippen molar-refractivity contribution in [1.29, 1.82) is 0 Å². The summed E-state index contributed by atoms with van der Waals surface area (Å²) in [5, 5.41) is 0. The van der Waals surface area contributed by atoms with E-state index in [9.17, 15) is 23.7 Å². The molecule has 2 atom stereocenters. The third kappa shape index (κ3) is 11.2. The average molecular weight is 498 g/mol. The number of carbonyl (C=O) groups is 4. The van der Waals surface area contributed by atoms with Gasteiger partial charge in [-0.3, -0.25) is 19.2 Å². The number of rotatable bonds is 7. The summed E-state index contributed by atoms with van der Waals surface area (Å²) in [4.78, 5) is 44.2. The van der Waals surface area contributed by atoms with E-state index in [4.69, 9.17) is 0 Å². The molecule has 0 N–H and O–H groups in total. The first-order valence-electron chi connectivity index (χ1n) is 10.4. The van der Waals surface area contributed by atoms with Gasteiger partial charge in [0.2, 0.25) is 0 Å². The molecule has 0 aromatic heterocycles. The second-order valence-electron chi connectivity index (χ2n) is 8.53. The molecule has 0 amide bonds. The highest BCUT2D eigenvalue weighted by Crippen LogP contribution is 2.25. The number of carbonyl (C=O) groups excluding carboxylic acids is 4. The third-order valence-corrected chi connectivity index (χ3v) is 5.12. The van der Waals surface area contributed by atoms with E-state index in [0.29, 0.717) is 11.3 Å². The van der Waals surface area contributed by atoms with Crippen LogP contribution in [0.4, 0.5) is 0 Å².